The highest BCUT2D eigenvalue weighted by molar-refractivity contribution is 8.00. The van der Waals surface area contributed by atoms with E-state index in [9.17, 15) is 9.59 Å². The van der Waals surface area contributed by atoms with Crippen LogP contribution in [0.3, 0.4) is 0 Å². The number of benzene rings is 1. The van der Waals surface area contributed by atoms with E-state index in [2.05, 4.69) is 20.6 Å². The number of aromatic amines is 1. The maximum Gasteiger partial charge on any atom is 0.237 e. The first-order valence-corrected chi connectivity index (χ1v) is 10.4. The first-order chi connectivity index (χ1) is 15.0. The number of furan rings is 2. The Morgan fingerprint density at radius 3 is 2.16 bits per heavy atom. The molecule has 1 unspecified atom stereocenters. The number of H-pyrrole nitrogens is 1. The number of hydrogen-bond donors (Lipinski definition) is 3. The van der Waals surface area contributed by atoms with Gasteiger partial charge < -0.3 is 24.5 Å². The van der Waals surface area contributed by atoms with E-state index < -0.39 is 5.25 Å². The van der Waals surface area contributed by atoms with Crippen LogP contribution in [0.15, 0.2) is 75.0 Å². The number of thioether (sulfide) groups is 1. The van der Waals surface area contributed by atoms with E-state index in [1.165, 1.54) is 18.7 Å². The smallest absolute Gasteiger partial charge is 0.237 e. The lowest BCUT2D eigenvalue weighted by Crippen LogP contribution is -2.22. The van der Waals surface area contributed by atoms with Gasteiger partial charge in [-0.25, -0.2) is 4.98 Å². The average molecular weight is 436 g/mol. The van der Waals surface area contributed by atoms with E-state index >= 15 is 0 Å². The molecular formula is C22H20N4O4S. The van der Waals surface area contributed by atoms with E-state index in [0.29, 0.717) is 39.4 Å². The summed E-state index contributed by atoms with van der Waals surface area (Å²) in [6.45, 7) is 3.24. The van der Waals surface area contributed by atoms with Gasteiger partial charge in [0.15, 0.2) is 16.7 Å². The summed E-state index contributed by atoms with van der Waals surface area (Å²) < 4.78 is 11.0. The zero-order valence-corrected chi connectivity index (χ0v) is 17.7. The maximum atomic E-state index is 12.6. The minimum absolute atomic E-state index is 0.150. The number of aromatic nitrogens is 2. The van der Waals surface area contributed by atoms with Crippen LogP contribution in [-0.4, -0.2) is 27.0 Å². The van der Waals surface area contributed by atoms with Crippen molar-refractivity contribution in [3.8, 4) is 22.9 Å². The summed E-state index contributed by atoms with van der Waals surface area (Å²) in [7, 11) is 0. The minimum Gasteiger partial charge on any atom is -0.463 e. The highest BCUT2D eigenvalue weighted by Crippen LogP contribution is 2.34. The van der Waals surface area contributed by atoms with Gasteiger partial charge in [-0.1, -0.05) is 11.8 Å². The fourth-order valence-electron chi connectivity index (χ4n) is 2.90. The van der Waals surface area contributed by atoms with Gasteiger partial charge in [-0.2, -0.15) is 0 Å². The molecule has 31 heavy (non-hydrogen) atoms. The van der Waals surface area contributed by atoms with Crippen LogP contribution in [0.4, 0.5) is 11.4 Å². The van der Waals surface area contributed by atoms with Crippen molar-refractivity contribution in [1.82, 2.24) is 9.97 Å². The summed E-state index contributed by atoms with van der Waals surface area (Å²) in [5, 5.41) is 5.71. The first-order valence-electron chi connectivity index (χ1n) is 9.52. The van der Waals surface area contributed by atoms with Gasteiger partial charge in [0.1, 0.15) is 11.4 Å². The molecule has 0 spiro atoms. The summed E-state index contributed by atoms with van der Waals surface area (Å²) >= 11 is 1.29. The van der Waals surface area contributed by atoms with Gasteiger partial charge in [0.05, 0.1) is 17.8 Å². The predicted octanol–water partition coefficient (Wildman–Crippen LogP) is 5.01. The lowest BCUT2D eigenvalue weighted by atomic mass is 10.2. The maximum absolute atomic E-state index is 12.6. The second-order valence-corrected chi connectivity index (χ2v) is 8.06. The summed E-state index contributed by atoms with van der Waals surface area (Å²) in [6.07, 6.45) is 3.16. The fourth-order valence-corrected chi connectivity index (χ4v) is 3.71. The summed E-state index contributed by atoms with van der Waals surface area (Å²) in [5.74, 6) is 0.906. The molecule has 0 aliphatic heterocycles. The number of nitrogens with one attached hydrogen (secondary N) is 3. The van der Waals surface area contributed by atoms with Crippen molar-refractivity contribution in [3.05, 3.63) is 61.1 Å². The van der Waals surface area contributed by atoms with E-state index in [0.717, 1.165) is 0 Å². The second kappa shape index (κ2) is 8.97. The lowest BCUT2D eigenvalue weighted by molar-refractivity contribution is -0.115. The van der Waals surface area contributed by atoms with Crippen LogP contribution in [0.2, 0.25) is 0 Å². The average Bonchev–Trinajstić information content (AvgIpc) is 3.50. The Hall–Kier alpha value is -3.72. The zero-order valence-electron chi connectivity index (χ0n) is 16.8. The number of rotatable bonds is 7. The van der Waals surface area contributed by atoms with Crippen LogP contribution < -0.4 is 10.6 Å². The highest BCUT2D eigenvalue weighted by Gasteiger charge is 2.22. The molecule has 1 atom stereocenters. The van der Waals surface area contributed by atoms with Crippen LogP contribution in [0.5, 0.6) is 0 Å². The molecule has 158 valence electrons. The van der Waals surface area contributed by atoms with E-state index in [-0.39, 0.29) is 11.8 Å². The fraction of sp³-hybridized carbons (Fsp3) is 0.136. The third kappa shape index (κ3) is 4.89. The Kier molecular flexibility index (Phi) is 5.94. The van der Waals surface area contributed by atoms with Crippen LogP contribution in [0, 0.1) is 0 Å². The lowest BCUT2D eigenvalue weighted by Gasteiger charge is -2.11. The Morgan fingerprint density at radius 2 is 1.58 bits per heavy atom. The number of hydrogen-bond acceptors (Lipinski definition) is 6. The van der Waals surface area contributed by atoms with Crippen LogP contribution in [-0.2, 0) is 9.59 Å². The number of amides is 2. The molecule has 0 radical (unpaired) electrons. The summed E-state index contributed by atoms with van der Waals surface area (Å²) in [5.41, 5.74) is 2.60. The largest absolute Gasteiger partial charge is 0.463 e. The second-order valence-electron chi connectivity index (χ2n) is 6.73. The molecule has 1 aromatic carbocycles. The number of carbonyl (C=O) groups is 2. The van der Waals surface area contributed by atoms with Gasteiger partial charge in [0.2, 0.25) is 11.8 Å². The SMILES string of the molecule is CC(=O)Nc1ccc(NC(=O)C(C)Sc2nc(-c3ccco3)c(-c3ccco3)[nH]2)cc1. The first kappa shape index (κ1) is 20.5. The van der Waals surface area contributed by atoms with Crippen molar-refractivity contribution >= 4 is 35.0 Å². The molecule has 9 heteroatoms. The molecule has 0 saturated heterocycles. The Balaban J connectivity index is 1.47. The molecule has 0 saturated carbocycles. The van der Waals surface area contributed by atoms with E-state index in [1.807, 2.05) is 12.1 Å². The van der Waals surface area contributed by atoms with Crippen LogP contribution in [0.25, 0.3) is 22.9 Å². The molecule has 3 N–H and O–H groups in total. The quantitative estimate of drug-likeness (QED) is 0.351. The topological polar surface area (TPSA) is 113 Å². The molecule has 4 aromatic rings. The zero-order chi connectivity index (χ0) is 21.8. The third-order valence-electron chi connectivity index (χ3n) is 4.33. The normalized spacial score (nSPS) is 11.8. The third-order valence-corrected chi connectivity index (χ3v) is 5.32. The Bertz CT molecular complexity index is 1110. The molecule has 3 heterocycles. The Morgan fingerprint density at radius 1 is 0.968 bits per heavy atom. The van der Waals surface area contributed by atoms with Gasteiger partial charge >= 0.3 is 0 Å². The standard InChI is InChI=1S/C22H20N4O4S/c1-13(21(28)24-16-9-7-15(8-10-16)23-14(2)27)31-22-25-19(17-5-3-11-29-17)20(26-22)18-6-4-12-30-18/h3-13H,1-2H3,(H,23,27)(H,24,28)(H,25,26). The van der Waals surface area contributed by atoms with Crippen molar-refractivity contribution in [2.45, 2.75) is 24.3 Å². The van der Waals surface area contributed by atoms with Crippen molar-refractivity contribution in [2.75, 3.05) is 10.6 Å². The molecule has 0 aliphatic rings. The van der Waals surface area contributed by atoms with Crippen LogP contribution in [0.1, 0.15) is 13.8 Å². The van der Waals surface area contributed by atoms with Gasteiger partial charge in [-0.15, -0.1) is 0 Å². The minimum atomic E-state index is -0.421. The number of carbonyl (C=O) groups excluding carboxylic acids is 2. The number of imidazole rings is 1. The molecule has 0 bridgehead atoms. The highest BCUT2D eigenvalue weighted by atomic mass is 32.2. The number of anilines is 2. The monoisotopic (exact) mass is 436 g/mol. The molecule has 0 fully saturated rings. The van der Waals surface area contributed by atoms with Crippen molar-refractivity contribution in [2.24, 2.45) is 0 Å². The molecule has 2 amide bonds. The summed E-state index contributed by atoms with van der Waals surface area (Å²) in [6, 6.07) is 14.2. The van der Waals surface area contributed by atoms with Gasteiger partial charge in [-0.3, -0.25) is 9.59 Å². The molecule has 8 nitrogen and oxygen atoms in total. The molecule has 3 aromatic heterocycles. The number of nitrogens with zero attached hydrogens (tertiary/aromatic N) is 1. The van der Waals surface area contributed by atoms with E-state index in [1.54, 1.807) is 55.8 Å². The van der Waals surface area contributed by atoms with Crippen LogP contribution >= 0.6 is 11.8 Å². The van der Waals surface area contributed by atoms with E-state index in [4.69, 9.17) is 8.83 Å². The summed E-state index contributed by atoms with van der Waals surface area (Å²) in [4.78, 5) is 31.6. The van der Waals surface area contributed by atoms with Crippen molar-refractivity contribution < 1.29 is 18.4 Å². The van der Waals surface area contributed by atoms with Gasteiger partial charge in [0.25, 0.3) is 0 Å². The Labute approximate surface area is 182 Å². The van der Waals surface area contributed by atoms with Gasteiger partial charge in [-0.05, 0) is 55.5 Å². The predicted molar refractivity (Wildman–Crippen MR) is 119 cm³/mol. The van der Waals surface area contributed by atoms with Crippen molar-refractivity contribution in [1.29, 1.82) is 0 Å². The molecule has 4 rings (SSSR count). The molecular weight excluding hydrogens is 416 g/mol. The van der Waals surface area contributed by atoms with Gasteiger partial charge in [0, 0.05) is 18.3 Å². The molecule has 0 aliphatic carbocycles. The van der Waals surface area contributed by atoms with Crippen molar-refractivity contribution in [3.63, 3.8) is 0 Å².